The zero-order valence-corrected chi connectivity index (χ0v) is 6.58. The summed E-state index contributed by atoms with van der Waals surface area (Å²) in [7, 11) is 0. The summed E-state index contributed by atoms with van der Waals surface area (Å²) in [5.74, 6) is 0. The molecule has 0 saturated heterocycles. The van der Waals surface area contributed by atoms with E-state index < -0.39 is 0 Å². The van der Waals surface area contributed by atoms with Gasteiger partial charge in [0.1, 0.15) is 0 Å². The molecule has 1 nitrogen and oxygen atoms in total. The lowest BCUT2D eigenvalue weighted by atomic mass is 10.5. The van der Waals surface area contributed by atoms with E-state index in [4.69, 9.17) is 0 Å². The van der Waals surface area contributed by atoms with E-state index in [1.807, 2.05) is 11.4 Å². The summed E-state index contributed by atoms with van der Waals surface area (Å²) in [5.41, 5.74) is 0. The lowest BCUT2D eigenvalue weighted by Crippen LogP contribution is -1.61. The van der Waals surface area contributed by atoms with Crippen molar-refractivity contribution in [3.05, 3.63) is 22.4 Å². The van der Waals surface area contributed by atoms with Crippen LogP contribution >= 0.6 is 22.9 Å². The molecule has 1 heterocycles. The van der Waals surface area contributed by atoms with Crippen LogP contribution < -0.4 is 0 Å². The molecule has 0 unspecified atom stereocenters. The fourth-order valence-corrected chi connectivity index (χ4v) is 0.885. The normalized spacial score (nSPS) is 7.33. The van der Waals surface area contributed by atoms with Gasteiger partial charge in [-0.3, -0.25) is 4.79 Å². The van der Waals surface area contributed by atoms with Crippen molar-refractivity contribution in [2.45, 2.75) is 0 Å². The van der Waals surface area contributed by atoms with Gasteiger partial charge in [0.2, 0.25) is 0 Å². The minimum atomic E-state index is 0.792. The molecular weight excluding hydrogens is 156 g/mol. The van der Waals surface area contributed by atoms with E-state index in [-0.39, 0.29) is 0 Å². The van der Waals surface area contributed by atoms with Crippen LogP contribution in [0.2, 0.25) is 0 Å². The van der Waals surface area contributed by atoms with Crippen LogP contribution in [0.1, 0.15) is 9.67 Å². The summed E-state index contributed by atoms with van der Waals surface area (Å²) >= 11 is 6.09. The quantitative estimate of drug-likeness (QED) is 0.458. The van der Waals surface area contributed by atoms with Crippen molar-refractivity contribution in [1.82, 2.24) is 0 Å². The Labute approximate surface area is 63.3 Å². The van der Waals surface area contributed by atoms with Gasteiger partial charge in [-0.15, -0.1) is 22.9 Å². The molecule has 0 spiro atoms. The molecule has 0 aliphatic carbocycles. The molecule has 1 aromatic rings. The highest BCUT2D eigenvalue weighted by atomic mass is 35.5. The Morgan fingerprint density at radius 1 is 1.67 bits per heavy atom. The van der Waals surface area contributed by atoms with E-state index in [1.165, 1.54) is 17.7 Å². The predicted molar refractivity (Wildman–Crippen MR) is 41.5 cm³/mol. The van der Waals surface area contributed by atoms with Crippen molar-refractivity contribution in [2.75, 3.05) is 6.38 Å². The molecule has 0 radical (unpaired) electrons. The van der Waals surface area contributed by atoms with Crippen molar-refractivity contribution in [2.24, 2.45) is 0 Å². The summed E-state index contributed by atoms with van der Waals surface area (Å²) < 4.78 is 0. The summed E-state index contributed by atoms with van der Waals surface area (Å²) in [6.45, 7) is 0. The molecule has 0 saturated carbocycles. The summed E-state index contributed by atoms with van der Waals surface area (Å²) in [6, 6.07) is 3.64. The predicted octanol–water partition coefficient (Wildman–Crippen LogP) is 2.42. The lowest BCUT2D eigenvalue weighted by molar-refractivity contribution is 0.112. The molecule has 0 bridgehead atoms. The monoisotopic (exact) mass is 162 g/mol. The summed E-state index contributed by atoms with van der Waals surface area (Å²) in [4.78, 5) is 10.7. The van der Waals surface area contributed by atoms with Crippen LogP contribution in [-0.2, 0) is 0 Å². The number of rotatable bonds is 1. The van der Waals surface area contributed by atoms with Gasteiger partial charge in [0, 0.05) is 6.38 Å². The third-order valence-electron chi connectivity index (χ3n) is 0.659. The molecule has 0 N–H and O–H groups in total. The van der Waals surface area contributed by atoms with Crippen LogP contribution in [0.5, 0.6) is 0 Å². The number of aldehydes is 1. The standard InChI is InChI=1S/C5H4OS.CH3Cl/c6-4-5-2-1-3-7-5;1-2/h1-4H;1H3. The first kappa shape index (κ1) is 8.66. The second-order valence-electron chi connectivity index (χ2n) is 1.13. The topological polar surface area (TPSA) is 17.1 Å². The number of carbonyl (C=O) groups excluding carboxylic acids is 1. The zero-order valence-electron chi connectivity index (χ0n) is 5.00. The molecule has 0 aliphatic heterocycles. The number of halogens is 1. The third kappa shape index (κ3) is 3.27. The molecule has 0 fully saturated rings. The van der Waals surface area contributed by atoms with Crippen LogP contribution in [0.15, 0.2) is 17.5 Å². The van der Waals surface area contributed by atoms with Crippen molar-refractivity contribution in [3.8, 4) is 0 Å². The second-order valence-corrected chi connectivity index (χ2v) is 2.11. The summed E-state index contributed by atoms with van der Waals surface area (Å²) in [6.07, 6.45) is 2.32. The van der Waals surface area contributed by atoms with Crippen LogP contribution in [0, 0.1) is 0 Å². The highest BCUT2D eigenvalue weighted by molar-refractivity contribution is 7.11. The number of thiophene rings is 1. The van der Waals surface area contributed by atoms with E-state index in [1.54, 1.807) is 6.07 Å². The number of hydrogen-bond acceptors (Lipinski definition) is 2. The van der Waals surface area contributed by atoms with Gasteiger partial charge in [0.15, 0.2) is 6.29 Å². The molecule has 9 heavy (non-hydrogen) atoms. The Balaban J connectivity index is 0.000000291. The Kier molecular flexibility index (Phi) is 5.57. The van der Waals surface area contributed by atoms with Crippen LogP contribution in [0.25, 0.3) is 0 Å². The lowest BCUT2D eigenvalue weighted by Gasteiger charge is -1.66. The van der Waals surface area contributed by atoms with E-state index in [9.17, 15) is 4.79 Å². The van der Waals surface area contributed by atoms with Crippen molar-refractivity contribution in [1.29, 1.82) is 0 Å². The number of hydrogen-bond donors (Lipinski definition) is 0. The first-order valence-corrected chi connectivity index (χ1v) is 3.93. The summed E-state index contributed by atoms with van der Waals surface area (Å²) in [5, 5.41) is 1.88. The fourth-order valence-electron chi connectivity index (χ4n) is 0.358. The SMILES string of the molecule is CCl.O=Cc1cccs1. The fraction of sp³-hybridized carbons (Fsp3) is 0.167. The van der Waals surface area contributed by atoms with Gasteiger partial charge in [0.25, 0.3) is 0 Å². The molecule has 0 atom stereocenters. The van der Waals surface area contributed by atoms with Gasteiger partial charge in [-0.1, -0.05) is 6.07 Å². The van der Waals surface area contributed by atoms with Gasteiger partial charge in [-0.25, -0.2) is 0 Å². The Morgan fingerprint density at radius 2 is 2.33 bits per heavy atom. The average molecular weight is 163 g/mol. The number of carbonyl (C=O) groups is 1. The first-order chi connectivity index (χ1) is 4.43. The Morgan fingerprint density at radius 3 is 2.56 bits per heavy atom. The molecule has 1 rings (SSSR count). The first-order valence-electron chi connectivity index (χ1n) is 2.30. The maximum Gasteiger partial charge on any atom is 0.159 e. The van der Waals surface area contributed by atoms with Crippen molar-refractivity contribution < 1.29 is 4.79 Å². The van der Waals surface area contributed by atoms with Gasteiger partial charge >= 0.3 is 0 Å². The van der Waals surface area contributed by atoms with Gasteiger partial charge < -0.3 is 0 Å². The van der Waals surface area contributed by atoms with Gasteiger partial charge in [-0.05, 0) is 11.4 Å². The van der Waals surface area contributed by atoms with Crippen molar-refractivity contribution >= 4 is 29.2 Å². The van der Waals surface area contributed by atoms with Crippen LogP contribution in [-0.4, -0.2) is 12.7 Å². The minimum absolute atomic E-state index is 0.792. The van der Waals surface area contributed by atoms with Crippen LogP contribution in [0.3, 0.4) is 0 Å². The smallest absolute Gasteiger partial charge is 0.159 e. The molecular formula is C6H7ClOS. The molecule has 0 amide bonds. The van der Waals surface area contributed by atoms with E-state index in [0.29, 0.717) is 0 Å². The Bertz CT molecular complexity index is 148. The number of alkyl halides is 1. The zero-order chi connectivity index (χ0) is 7.11. The molecule has 0 aromatic carbocycles. The molecule has 50 valence electrons. The Hall–Kier alpha value is -0.340. The van der Waals surface area contributed by atoms with E-state index in [2.05, 4.69) is 11.6 Å². The molecule has 1 aromatic heterocycles. The maximum atomic E-state index is 9.88. The largest absolute Gasteiger partial charge is 0.297 e. The highest BCUT2D eigenvalue weighted by Crippen LogP contribution is 2.03. The van der Waals surface area contributed by atoms with E-state index in [0.717, 1.165) is 11.2 Å². The maximum absolute atomic E-state index is 9.88. The van der Waals surface area contributed by atoms with Crippen molar-refractivity contribution in [3.63, 3.8) is 0 Å². The minimum Gasteiger partial charge on any atom is -0.297 e. The molecule has 3 heteroatoms. The van der Waals surface area contributed by atoms with Gasteiger partial charge in [0.05, 0.1) is 4.88 Å². The average Bonchev–Trinajstić information content (AvgIpc) is 2.43. The van der Waals surface area contributed by atoms with E-state index >= 15 is 0 Å². The van der Waals surface area contributed by atoms with Gasteiger partial charge in [-0.2, -0.15) is 0 Å². The molecule has 0 aliphatic rings. The third-order valence-corrected chi connectivity index (χ3v) is 1.46. The van der Waals surface area contributed by atoms with Crippen LogP contribution in [0.4, 0.5) is 0 Å². The highest BCUT2D eigenvalue weighted by Gasteiger charge is 1.82. The second kappa shape index (κ2) is 5.79.